The number of para-hydroxylation sites is 2. The molecule has 0 atom stereocenters. The first kappa shape index (κ1) is 13.9. The number of aromatic nitrogens is 2. The molecule has 3 nitrogen and oxygen atoms in total. The van der Waals surface area contributed by atoms with E-state index in [0.29, 0.717) is 24.5 Å². The van der Waals surface area contributed by atoms with Crippen LogP contribution in [-0.2, 0) is 12.4 Å². The molecule has 3 rings (SSSR count). The second-order valence-electron chi connectivity index (χ2n) is 4.58. The highest BCUT2D eigenvalue weighted by molar-refractivity contribution is 6.16. The van der Waals surface area contributed by atoms with Gasteiger partial charge >= 0.3 is 0 Å². The smallest absolute Gasteiger partial charge is 0.151 e. The quantitative estimate of drug-likeness (QED) is 0.666. The topological polar surface area (TPSA) is 27.1 Å². The van der Waals surface area contributed by atoms with Gasteiger partial charge in [0.2, 0.25) is 0 Å². The minimum atomic E-state index is -0.332. The molecule has 0 fully saturated rings. The molecule has 0 aliphatic carbocycles. The van der Waals surface area contributed by atoms with Crippen molar-refractivity contribution in [3.63, 3.8) is 0 Å². The average Bonchev–Trinajstić information content (AvgIpc) is 2.88. The van der Waals surface area contributed by atoms with E-state index in [4.69, 9.17) is 16.3 Å². The molecular weight excluding hydrogens is 291 g/mol. The summed E-state index contributed by atoms with van der Waals surface area (Å²) in [5, 5.41) is 0. The number of benzene rings is 2. The van der Waals surface area contributed by atoms with Gasteiger partial charge in [-0.1, -0.05) is 24.3 Å². The maximum atomic E-state index is 13.8. The summed E-state index contributed by atoms with van der Waals surface area (Å²) in [5.41, 5.74) is 1.09. The van der Waals surface area contributed by atoms with Gasteiger partial charge in [-0.25, -0.2) is 9.37 Å². The first-order valence-corrected chi connectivity index (χ1v) is 7.20. The van der Waals surface area contributed by atoms with E-state index in [-0.39, 0.29) is 11.7 Å². The summed E-state index contributed by atoms with van der Waals surface area (Å²) in [6.07, 6.45) is 0. The Kier molecular flexibility index (Phi) is 4.06. The fraction of sp³-hybridized carbons (Fsp3) is 0.188. The first-order valence-electron chi connectivity index (χ1n) is 6.67. The number of fused-ring (bicyclic) bond motifs is 1. The van der Waals surface area contributed by atoms with E-state index in [0.717, 1.165) is 11.3 Å². The predicted molar refractivity (Wildman–Crippen MR) is 81.2 cm³/mol. The maximum absolute atomic E-state index is 13.8. The SMILES string of the molecule is Fc1cccc2c1nc(CCl)n2CCOc1ccccc1. The zero-order valence-electron chi connectivity index (χ0n) is 11.3. The molecule has 0 bridgehead atoms. The lowest BCUT2D eigenvalue weighted by molar-refractivity contribution is 0.299. The fourth-order valence-corrected chi connectivity index (χ4v) is 2.49. The third kappa shape index (κ3) is 2.85. The zero-order chi connectivity index (χ0) is 14.7. The van der Waals surface area contributed by atoms with E-state index >= 15 is 0 Å². The first-order chi connectivity index (χ1) is 10.3. The Morgan fingerprint density at radius 2 is 1.90 bits per heavy atom. The molecule has 2 aromatic carbocycles. The van der Waals surface area contributed by atoms with Crippen molar-refractivity contribution in [2.45, 2.75) is 12.4 Å². The summed E-state index contributed by atoms with van der Waals surface area (Å²) in [7, 11) is 0. The average molecular weight is 305 g/mol. The predicted octanol–water partition coefficient (Wildman–Crippen LogP) is 3.99. The number of imidazole rings is 1. The van der Waals surface area contributed by atoms with Crippen LogP contribution in [0.5, 0.6) is 5.75 Å². The van der Waals surface area contributed by atoms with Crippen LogP contribution in [-0.4, -0.2) is 16.2 Å². The third-order valence-electron chi connectivity index (χ3n) is 3.26. The van der Waals surface area contributed by atoms with Gasteiger partial charge in [0.05, 0.1) is 17.9 Å². The van der Waals surface area contributed by atoms with E-state index in [2.05, 4.69) is 4.98 Å². The fourth-order valence-electron chi connectivity index (χ4n) is 2.28. The van der Waals surface area contributed by atoms with Gasteiger partial charge in [0.1, 0.15) is 23.7 Å². The Hall–Kier alpha value is -2.07. The van der Waals surface area contributed by atoms with Gasteiger partial charge in [-0.2, -0.15) is 0 Å². The van der Waals surface area contributed by atoms with Crippen molar-refractivity contribution in [2.75, 3.05) is 6.61 Å². The number of hydrogen-bond acceptors (Lipinski definition) is 2. The Morgan fingerprint density at radius 3 is 2.67 bits per heavy atom. The number of nitrogens with zero attached hydrogens (tertiary/aromatic N) is 2. The van der Waals surface area contributed by atoms with Crippen molar-refractivity contribution < 1.29 is 9.13 Å². The summed E-state index contributed by atoms with van der Waals surface area (Å²) in [4.78, 5) is 4.26. The molecule has 108 valence electrons. The molecule has 0 amide bonds. The lowest BCUT2D eigenvalue weighted by Crippen LogP contribution is -2.10. The zero-order valence-corrected chi connectivity index (χ0v) is 12.1. The van der Waals surface area contributed by atoms with Crippen LogP contribution in [0.1, 0.15) is 5.82 Å². The molecule has 0 spiro atoms. The Morgan fingerprint density at radius 1 is 1.10 bits per heavy atom. The molecule has 0 unspecified atom stereocenters. The van der Waals surface area contributed by atoms with Crippen molar-refractivity contribution in [1.82, 2.24) is 9.55 Å². The minimum absolute atomic E-state index is 0.236. The molecule has 0 radical (unpaired) electrons. The van der Waals surface area contributed by atoms with E-state index in [1.165, 1.54) is 6.07 Å². The maximum Gasteiger partial charge on any atom is 0.151 e. The largest absolute Gasteiger partial charge is 0.492 e. The van der Waals surface area contributed by atoms with E-state index in [1.807, 2.05) is 41.0 Å². The molecule has 1 aromatic heterocycles. The van der Waals surface area contributed by atoms with Crippen LogP contribution in [0.3, 0.4) is 0 Å². The van der Waals surface area contributed by atoms with Crippen molar-refractivity contribution in [2.24, 2.45) is 0 Å². The minimum Gasteiger partial charge on any atom is -0.492 e. The number of halogens is 2. The molecule has 5 heteroatoms. The van der Waals surface area contributed by atoms with E-state index in [9.17, 15) is 4.39 Å². The monoisotopic (exact) mass is 304 g/mol. The summed E-state index contributed by atoms with van der Waals surface area (Å²) < 4.78 is 21.3. The highest BCUT2D eigenvalue weighted by Crippen LogP contribution is 2.20. The van der Waals surface area contributed by atoms with Crippen molar-refractivity contribution in [3.8, 4) is 5.75 Å². The summed E-state index contributed by atoms with van der Waals surface area (Å²) >= 11 is 5.91. The molecule has 0 saturated carbocycles. The lowest BCUT2D eigenvalue weighted by atomic mass is 10.3. The van der Waals surface area contributed by atoms with E-state index in [1.54, 1.807) is 6.07 Å². The van der Waals surface area contributed by atoms with Gasteiger partial charge in [-0.05, 0) is 24.3 Å². The third-order valence-corrected chi connectivity index (χ3v) is 3.49. The van der Waals surface area contributed by atoms with Crippen LogP contribution in [0, 0.1) is 5.82 Å². The van der Waals surface area contributed by atoms with Crippen molar-refractivity contribution in [1.29, 1.82) is 0 Å². The number of alkyl halides is 1. The van der Waals surface area contributed by atoms with Gasteiger partial charge in [-0.15, -0.1) is 11.6 Å². The van der Waals surface area contributed by atoms with Gasteiger partial charge in [0.25, 0.3) is 0 Å². The highest BCUT2D eigenvalue weighted by Gasteiger charge is 2.12. The Balaban J connectivity index is 1.81. The van der Waals surface area contributed by atoms with E-state index < -0.39 is 0 Å². The number of ether oxygens (including phenoxy) is 1. The number of hydrogen-bond donors (Lipinski definition) is 0. The second kappa shape index (κ2) is 6.14. The highest BCUT2D eigenvalue weighted by atomic mass is 35.5. The lowest BCUT2D eigenvalue weighted by Gasteiger charge is -2.09. The van der Waals surface area contributed by atoms with Crippen LogP contribution in [0.2, 0.25) is 0 Å². The molecule has 0 saturated heterocycles. The summed E-state index contributed by atoms with van der Waals surface area (Å²) in [5.74, 6) is 1.36. The molecule has 1 heterocycles. The Labute approximate surface area is 126 Å². The van der Waals surface area contributed by atoms with Gasteiger partial charge in [-0.3, -0.25) is 0 Å². The van der Waals surface area contributed by atoms with Crippen LogP contribution in [0.4, 0.5) is 4.39 Å². The molecule has 0 aliphatic heterocycles. The van der Waals surface area contributed by atoms with Crippen LogP contribution in [0.15, 0.2) is 48.5 Å². The molecular formula is C16H14ClFN2O. The van der Waals surface area contributed by atoms with Gasteiger partial charge in [0, 0.05) is 0 Å². The number of rotatable bonds is 5. The molecule has 3 aromatic rings. The summed E-state index contributed by atoms with van der Waals surface area (Å²) in [6.45, 7) is 1.03. The van der Waals surface area contributed by atoms with Crippen LogP contribution < -0.4 is 4.74 Å². The molecule has 21 heavy (non-hydrogen) atoms. The van der Waals surface area contributed by atoms with Crippen LogP contribution in [0.25, 0.3) is 11.0 Å². The van der Waals surface area contributed by atoms with Crippen molar-refractivity contribution in [3.05, 3.63) is 60.2 Å². The summed E-state index contributed by atoms with van der Waals surface area (Å²) in [6, 6.07) is 14.5. The normalized spacial score (nSPS) is 11.0. The Bertz CT molecular complexity index is 743. The van der Waals surface area contributed by atoms with Crippen molar-refractivity contribution >= 4 is 22.6 Å². The van der Waals surface area contributed by atoms with Gasteiger partial charge in [0.15, 0.2) is 5.82 Å². The standard InChI is InChI=1S/C16H14ClFN2O/c17-11-15-19-16-13(18)7-4-8-14(16)20(15)9-10-21-12-5-2-1-3-6-12/h1-8H,9-11H2. The second-order valence-corrected chi connectivity index (χ2v) is 4.85. The van der Waals surface area contributed by atoms with Crippen LogP contribution >= 0.6 is 11.6 Å². The molecule has 0 aliphatic rings. The van der Waals surface area contributed by atoms with Gasteiger partial charge < -0.3 is 9.30 Å². The molecule has 0 N–H and O–H groups in total.